The molecular formula is C22H31NO2S. The minimum absolute atomic E-state index is 0.00220. The third kappa shape index (κ3) is 5.42. The molecule has 2 rings (SSSR count). The molecule has 0 saturated carbocycles. The van der Waals surface area contributed by atoms with Gasteiger partial charge in [-0.2, -0.15) is 0 Å². The van der Waals surface area contributed by atoms with Crippen molar-refractivity contribution in [1.29, 1.82) is 0 Å². The van der Waals surface area contributed by atoms with E-state index in [1.54, 1.807) is 12.1 Å². The van der Waals surface area contributed by atoms with Gasteiger partial charge >= 0.3 is 0 Å². The molecule has 1 atom stereocenters. The van der Waals surface area contributed by atoms with Crippen LogP contribution < -0.4 is 5.32 Å². The van der Waals surface area contributed by atoms with E-state index in [0.29, 0.717) is 4.90 Å². The molecule has 0 amide bonds. The zero-order valence-electron chi connectivity index (χ0n) is 16.9. The lowest BCUT2D eigenvalue weighted by Gasteiger charge is -2.30. The molecule has 1 N–H and O–H groups in total. The molecule has 0 fully saturated rings. The predicted octanol–water partition coefficient (Wildman–Crippen LogP) is 4.87. The maximum Gasteiger partial charge on any atom is 0.175 e. The molecule has 0 saturated heterocycles. The molecule has 0 aliphatic rings. The lowest BCUT2D eigenvalue weighted by atomic mass is 9.85. The van der Waals surface area contributed by atoms with E-state index < -0.39 is 9.84 Å². The first-order chi connectivity index (χ1) is 11.8. The molecule has 2 aromatic rings. The second kappa shape index (κ2) is 7.16. The number of hydrogen-bond donors (Lipinski definition) is 1. The van der Waals surface area contributed by atoms with Gasteiger partial charge < -0.3 is 5.32 Å². The fraction of sp³-hybridized carbons (Fsp3) is 0.455. The van der Waals surface area contributed by atoms with E-state index in [2.05, 4.69) is 71.1 Å². The van der Waals surface area contributed by atoms with Gasteiger partial charge in [0.25, 0.3) is 0 Å². The SMILES string of the molecule is CC(C)(C)N[C@H](c1ccc(C(C)(C)C)cc1)c1ccc(S(C)(=O)=O)cc1. The van der Waals surface area contributed by atoms with Crippen LogP contribution in [0.5, 0.6) is 0 Å². The molecule has 0 aromatic heterocycles. The molecule has 0 radical (unpaired) electrons. The Bertz CT molecular complexity index is 837. The Morgan fingerprint density at radius 3 is 1.54 bits per heavy atom. The molecule has 0 aliphatic heterocycles. The lowest BCUT2D eigenvalue weighted by molar-refractivity contribution is 0.391. The zero-order valence-corrected chi connectivity index (χ0v) is 17.7. The standard InChI is InChI=1S/C22H31NO2S/c1-21(2,3)18-12-8-16(9-13-18)20(23-22(4,5)6)17-10-14-19(15-11-17)26(7,24)25/h8-15,20,23H,1-7H3/t20-/m1/s1. The summed E-state index contributed by atoms with van der Waals surface area (Å²) in [6.07, 6.45) is 1.23. The molecule has 0 spiro atoms. The maximum atomic E-state index is 11.7. The van der Waals surface area contributed by atoms with E-state index in [4.69, 9.17) is 0 Å². The maximum absolute atomic E-state index is 11.7. The third-order valence-corrected chi connectivity index (χ3v) is 5.46. The van der Waals surface area contributed by atoms with Crippen molar-refractivity contribution >= 4 is 9.84 Å². The first kappa shape index (κ1) is 20.7. The Morgan fingerprint density at radius 1 is 0.769 bits per heavy atom. The van der Waals surface area contributed by atoms with E-state index in [1.807, 2.05) is 12.1 Å². The van der Waals surface area contributed by atoms with Gasteiger partial charge in [-0.25, -0.2) is 8.42 Å². The molecule has 4 heteroatoms. The van der Waals surface area contributed by atoms with Gasteiger partial charge in [0.15, 0.2) is 9.84 Å². The molecule has 26 heavy (non-hydrogen) atoms. The molecule has 3 nitrogen and oxygen atoms in total. The van der Waals surface area contributed by atoms with Gasteiger partial charge in [-0.15, -0.1) is 0 Å². The van der Waals surface area contributed by atoms with Crippen LogP contribution in [0, 0.1) is 0 Å². The highest BCUT2D eigenvalue weighted by molar-refractivity contribution is 7.90. The van der Waals surface area contributed by atoms with Crippen LogP contribution in [-0.4, -0.2) is 20.2 Å². The van der Waals surface area contributed by atoms with Crippen molar-refractivity contribution in [2.24, 2.45) is 0 Å². The van der Waals surface area contributed by atoms with E-state index >= 15 is 0 Å². The third-order valence-electron chi connectivity index (χ3n) is 4.33. The van der Waals surface area contributed by atoms with Crippen LogP contribution in [0.25, 0.3) is 0 Å². The van der Waals surface area contributed by atoms with Crippen LogP contribution in [0.4, 0.5) is 0 Å². The van der Waals surface area contributed by atoms with E-state index in [9.17, 15) is 8.42 Å². The Labute approximate surface area is 158 Å². The Kier molecular flexibility index (Phi) is 5.69. The Balaban J connectivity index is 2.44. The van der Waals surface area contributed by atoms with Gasteiger partial charge in [-0.3, -0.25) is 0 Å². The van der Waals surface area contributed by atoms with Crippen LogP contribution in [0.15, 0.2) is 53.4 Å². The van der Waals surface area contributed by atoms with Crippen molar-refractivity contribution in [1.82, 2.24) is 5.32 Å². The van der Waals surface area contributed by atoms with Crippen molar-refractivity contribution in [2.45, 2.75) is 63.4 Å². The average Bonchev–Trinajstić information content (AvgIpc) is 2.50. The predicted molar refractivity (Wildman–Crippen MR) is 109 cm³/mol. The van der Waals surface area contributed by atoms with Crippen molar-refractivity contribution in [2.75, 3.05) is 6.26 Å². The van der Waals surface area contributed by atoms with Crippen molar-refractivity contribution in [3.63, 3.8) is 0 Å². The van der Waals surface area contributed by atoms with Gasteiger partial charge in [-0.05, 0) is 55.0 Å². The summed E-state index contributed by atoms with van der Waals surface area (Å²) in [6.45, 7) is 13.0. The largest absolute Gasteiger partial charge is 0.302 e. The minimum atomic E-state index is -3.19. The summed E-state index contributed by atoms with van der Waals surface area (Å²) in [5.41, 5.74) is 3.55. The highest BCUT2D eigenvalue weighted by atomic mass is 32.2. The van der Waals surface area contributed by atoms with Crippen LogP contribution in [0.3, 0.4) is 0 Å². The minimum Gasteiger partial charge on any atom is -0.302 e. The van der Waals surface area contributed by atoms with E-state index in [0.717, 1.165) is 5.56 Å². The zero-order chi connectivity index (χ0) is 19.8. The van der Waals surface area contributed by atoms with Crippen molar-refractivity contribution in [3.05, 3.63) is 65.2 Å². The van der Waals surface area contributed by atoms with E-state index in [-0.39, 0.29) is 17.0 Å². The summed E-state index contributed by atoms with van der Waals surface area (Å²) in [5.74, 6) is 0. The normalized spacial score (nSPS) is 14.3. The van der Waals surface area contributed by atoms with Gasteiger partial charge in [0.1, 0.15) is 0 Å². The summed E-state index contributed by atoms with van der Waals surface area (Å²) in [4.78, 5) is 0.346. The fourth-order valence-corrected chi connectivity index (χ4v) is 3.51. The topological polar surface area (TPSA) is 46.2 Å². The molecule has 0 aliphatic carbocycles. The summed E-state index contributed by atoms with van der Waals surface area (Å²) in [7, 11) is -3.19. The molecular weight excluding hydrogens is 342 g/mol. The number of benzene rings is 2. The van der Waals surface area contributed by atoms with Crippen LogP contribution >= 0.6 is 0 Å². The fourth-order valence-electron chi connectivity index (χ4n) is 2.88. The highest BCUT2D eigenvalue weighted by Gasteiger charge is 2.22. The molecule has 2 aromatic carbocycles. The first-order valence-corrected chi connectivity index (χ1v) is 10.8. The molecule has 0 unspecified atom stereocenters. The average molecular weight is 374 g/mol. The number of sulfone groups is 1. The molecule has 142 valence electrons. The smallest absolute Gasteiger partial charge is 0.175 e. The Morgan fingerprint density at radius 2 is 1.19 bits per heavy atom. The lowest BCUT2D eigenvalue weighted by Crippen LogP contribution is -2.39. The van der Waals surface area contributed by atoms with Crippen LogP contribution in [0.1, 0.15) is 64.3 Å². The van der Waals surface area contributed by atoms with Crippen molar-refractivity contribution in [3.8, 4) is 0 Å². The van der Waals surface area contributed by atoms with Gasteiger partial charge in [-0.1, -0.05) is 57.2 Å². The first-order valence-electron chi connectivity index (χ1n) is 8.95. The van der Waals surface area contributed by atoms with E-state index in [1.165, 1.54) is 17.4 Å². The summed E-state index contributed by atoms with van der Waals surface area (Å²) in [6, 6.07) is 15.8. The molecule has 0 heterocycles. The molecule has 0 bridgehead atoms. The second-order valence-electron chi connectivity index (χ2n) is 9.04. The van der Waals surface area contributed by atoms with Gasteiger partial charge in [0.05, 0.1) is 10.9 Å². The number of nitrogens with one attached hydrogen (secondary N) is 1. The quantitative estimate of drug-likeness (QED) is 0.832. The summed E-state index contributed by atoms with van der Waals surface area (Å²) >= 11 is 0. The monoisotopic (exact) mass is 373 g/mol. The Hall–Kier alpha value is -1.65. The van der Waals surface area contributed by atoms with Gasteiger partial charge in [0.2, 0.25) is 0 Å². The van der Waals surface area contributed by atoms with Crippen LogP contribution in [-0.2, 0) is 15.3 Å². The summed E-state index contributed by atoms with van der Waals surface area (Å²) < 4.78 is 23.5. The number of hydrogen-bond acceptors (Lipinski definition) is 3. The number of rotatable bonds is 4. The van der Waals surface area contributed by atoms with Gasteiger partial charge in [0, 0.05) is 11.8 Å². The van der Waals surface area contributed by atoms with Crippen LogP contribution in [0.2, 0.25) is 0 Å². The highest BCUT2D eigenvalue weighted by Crippen LogP contribution is 2.29. The van der Waals surface area contributed by atoms with Crippen molar-refractivity contribution < 1.29 is 8.42 Å². The second-order valence-corrected chi connectivity index (χ2v) is 11.1. The summed E-state index contributed by atoms with van der Waals surface area (Å²) in [5, 5.41) is 3.66.